The summed E-state index contributed by atoms with van der Waals surface area (Å²) in [5.41, 5.74) is 17.0. The highest BCUT2D eigenvalue weighted by atomic mass is 32.1. The van der Waals surface area contributed by atoms with Gasteiger partial charge in [-0.15, -0.1) is 22.7 Å². The van der Waals surface area contributed by atoms with Gasteiger partial charge in [-0.1, -0.05) is 182 Å². The standard InChI is InChI=1S/C64H40N2S2/c1-3-11-41(12-4-1)43-19-23-45(24-20-43)47-27-33-51(34-28-47)65-57-37-31-49(39-55(57)61-53-15-7-9-17-59(53)67-63(61)65)50-32-38-58-56(40-50)62-54-16-8-10-18-60(54)68-64(62)66(58)52-35-29-48(30-36-52)46-25-21-44(22-26-46)42-13-5-2-6-14-42/h1-40H. The number of hydrogen-bond acceptors (Lipinski definition) is 2. The first-order chi connectivity index (χ1) is 33.7. The normalized spacial score (nSPS) is 11.8. The van der Waals surface area contributed by atoms with E-state index in [0.717, 1.165) is 11.4 Å². The molecular formula is C64H40N2S2. The van der Waals surface area contributed by atoms with Crippen LogP contribution in [0.15, 0.2) is 243 Å². The molecule has 14 rings (SSSR count). The van der Waals surface area contributed by atoms with Crippen molar-refractivity contribution in [2.75, 3.05) is 0 Å². The van der Waals surface area contributed by atoms with Crippen molar-refractivity contribution in [1.82, 2.24) is 9.13 Å². The Hall–Kier alpha value is -8.28. The summed E-state index contributed by atoms with van der Waals surface area (Å²) in [6, 6.07) is 89.1. The predicted molar refractivity (Wildman–Crippen MR) is 293 cm³/mol. The minimum absolute atomic E-state index is 1.16. The second-order valence-electron chi connectivity index (χ2n) is 17.7. The Morgan fingerprint density at radius 2 is 0.529 bits per heavy atom. The lowest BCUT2D eigenvalue weighted by molar-refractivity contribution is 1.19. The zero-order valence-corrected chi connectivity index (χ0v) is 38.4. The van der Waals surface area contributed by atoms with Gasteiger partial charge in [-0.05, 0) is 116 Å². The molecule has 0 amide bonds. The molecule has 0 aliphatic carbocycles. The fraction of sp³-hybridized carbons (Fsp3) is 0. The summed E-state index contributed by atoms with van der Waals surface area (Å²) >= 11 is 3.75. The molecule has 0 saturated heterocycles. The summed E-state index contributed by atoms with van der Waals surface area (Å²) in [5, 5.41) is 7.79. The zero-order valence-electron chi connectivity index (χ0n) is 36.8. The summed E-state index contributed by atoms with van der Waals surface area (Å²) in [7, 11) is 0. The molecule has 10 aromatic carbocycles. The molecule has 0 N–H and O–H groups in total. The Morgan fingerprint density at radius 1 is 0.235 bits per heavy atom. The van der Waals surface area contributed by atoms with Crippen molar-refractivity contribution in [2.24, 2.45) is 0 Å². The molecule has 14 aromatic rings. The monoisotopic (exact) mass is 900 g/mol. The molecule has 4 heterocycles. The maximum Gasteiger partial charge on any atom is 0.109 e. The lowest BCUT2D eigenvalue weighted by Gasteiger charge is -2.11. The number of nitrogens with zero attached hydrogens (tertiary/aromatic N) is 2. The van der Waals surface area contributed by atoms with Crippen LogP contribution in [0.3, 0.4) is 0 Å². The van der Waals surface area contributed by atoms with Gasteiger partial charge in [-0.25, -0.2) is 0 Å². The quantitative estimate of drug-likeness (QED) is 0.151. The first kappa shape index (κ1) is 38.9. The van der Waals surface area contributed by atoms with Gasteiger partial charge >= 0.3 is 0 Å². The van der Waals surface area contributed by atoms with E-state index in [1.807, 2.05) is 22.7 Å². The minimum atomic E-state index is 1.16. The summed E-state index contributed by atoms with van der Waals surface area (Å²) in [5.74, 6) is 0. The van der Waals surface area contributed by atoms with Gasteiger partial charge in [0.25, 0.3) is 0 Å². The highest BCUT2D eigenvalue weighted by molar-refractivity contribution is 7.26. The van der Waals surface area contributed by atoms with Crippen molar-refractivity contribution >= 4 is 85.1 Å². The highest BCUT2D eigenvalue weighted by Crippen LogP contribution is 2.46. The van der Waals surface area contributed by atoms with E-state index in [9.17, 15) is 0 Å². The van der Waals surface area contributed by atoms with Crippen molar-refractivity contribution < 1.29 is 0 Å². The van der Waals surface area contributed by atoms with Crippen molar-refractivity contribution in [3.63, 3.8) is 0 Å². The third-order valence-electron chi connectivity index (χ3n) is 13.8. The second-order valence-corrected chi connectivity index (χ2v) is 19.7. The molecular weight excluding hydrogens is 861 g/mol. The van der Waals surface area contributed by atoms with E-state index in [2.05, 4.69) is 252 Å². The minimum Gasteiger partial charge on any atom is -0.301 e. The van der Waals surface area contributed by atoms with E-state index in [1.54, 1.807) is 0 Å². The maximum absolute atomic E-state index is 2.47. The SMILES string of the molecule is c1ccc(-c2ccc(-c3ccc(-n4c5ccc(-c6ccc7c(c6)c6c8ccccc8sc6n7-c6ccc(-c7ccc(-c8ccccc8)cc7)cc6)cc5c5c6ccccc6sc54)cc3)cc2)cc1. The Morgan fingerprint density at radius 3 is 0.897 bits per heavy atom. The second kappa shape index (κ2) is 15.7. The average Bonchev–Trinajstić information content (AvgIpc) is 4.16. The van der Waals surface area contributed by atoms with Crippen LogP contribution in [0.25, 0.3) is 129 Å². The first-order valence-electron chi connectivity index (χ1n) is 23.1. The van der Waals surface area contributed by atoms with Gasteiger partial charge in [0, 0.05) is 53.1 Å². The molecule has 0 radical (unpaired) electrons. The predicted octanol–water partition coefficient (Wildman–Crippen LogP) is 18.6. The third kappa shape index (κ3) is 6.30. The maximum atomic E-state index is 2.47. The van der Waals surface area contributed by atoms with Crippen LogP contribution in [-0.2, 0) is 0 Å². The first-order valence-corrected chi connectivity index (χ1v) is 24.8. The van der Waals surface area contributed by atoms with Gasteiger partial charge < -0.3 is 9.13 Å². The van der Waals surface area contributed by atoms with E-state index >= 15 is 0 Å². The van der Waals surface area contributed by atoms with Crippen molar-refractivity contribution in [3.8, 4) is 67.0 Å². The van der Waals surface area contributed by atoms with E-state index in [-0.39, 0.29) is 0 Å². The summed E-state index contributed by atoms with van der Waals surface area (Å²) < 4.78 is 7.54. The lowest BCUT2D eigenvalue weighted by Crippen LogP contribution is -1.93. The molecule has 0 unspecified atom stereocenters. The van der Waals surface area contributed by atoms with Gasteiger partial charge in [-0.3, -0.25) is 0 Å². The molecule has 0 fully saturated rings. The van der Waals surface area contributed by atoms with Crippen LogP contribution in [-0.4, -0.2) is 9.13 Å². The van der Waals surface area contributed by atoms with Crippen LogP contribution in [0.1, 0.15) is 0 Å². The summed E-state index contributed by atoms with van der Waals surface area (Å²) in [6.07, 6.45) is 0. The fourth-order valence-corrected chi connectivity index (χ4v) is 12.9. The summed E-state index contributed by atoms with van der Waals surface area (Å²) in [4.78, 5) is 2.54. The lowest BCUT2D eigenvalue weighted by atomic mass is 10.00. The van der Waals surface area contributed by atoms with Gasteiger partial charge in [0.05, 0.1) is 11.0 Å². The number of rotatable bonds is 7. The molecule has 4 aromatic heterocycles. The zero-order chi connectivity index (χ0) is 44.7. The fourth-order valence-electron chi connectivity index (χ4n) is 10.4. The van der Waals surface area contributed by atoms with E-state index in [4.69, 9.17) is 0 Å². The van der Waals surface area contributed by atoms with Gasteiger partial charge in [-0.2, -0.15) is 0 Å². The molecule has 4 heteroatoms. The molecule has 0 spiro atoms. The number of thiophene rings is 2. The van der Waals surface area contributed by atoms with Crippen LogP contribution in [0.2, 0.25) is 0 Å². The third-order valence-corrected chi connectivity index (χ3v) is 16.1. The van der Waals surface area contributed by atoms with E-state index in [0.29, 0.717) is 0 Å². The molecule has 0 bridgehead atoms. The van der Waals surface area contributed by atoms with Crippen LogP contribution in [0, 0.1) is 0 Å². The van der Waals surface area contributed by atoms with Crippen molar-refractivity contribution in [1.29, 1.82) is 0 Å². The van der Waals surface area contributed by atoms with Gasteiger partial charge in [0.1, 0.15) is 9.66 Å². The molecule has 318 valence electrons. The van der Waals surface area contributed by atoms with E-state index < -0.39 is 0 Å². The van der Waals surface area contributed by atoms with Gasteiger partial charge in [0.2, 0.25) is 0 Å². The molecule has 0 saturated carbocycles. The highest BCUT2D eigenvalue weighted by Gasteiger charge is 2.21. The topological polar surface area (TPSA) is 9.86 Å². The number of hydrogen-bond donors (Lipinski definition) is 0. The molecule has 68 heavy (non-hydrogen) atoms. The smallest absolute Gasteiger partial charge is 0.109 e. The van der Waals surface area contributed by atoms with Crippen LogP contribution in [0.5, 0.6) is 0 Å². The van der Waals surface area contributed by atoms with Gasteiger partial charge in [0.15, 0.2) is 0 Å². The average molecular weight is 901 g/mol. The van der Waals surface area contributed by atoms with Crippen molar-refractivity contribution in [3.05, 3.63) is 243 Å². The molecule has 0 atom stereocenters. The van der Waals surface area contributed by atoms with Crippen LogP contribution >= 0.6 is 22.7 Å². The van der Waals surface area contributed by atoms with Crippen LogP contribution in [0.4, 0.5) is 0 Å². The number of benzene rings is 10. The van der Waals surface area contributed by atoms with Crippen molar-refractivity contribution in [2.45, 2.75) is 0 Å². The molecule has 0 aliphatic rings. The molecule has 2 nitrogen and oxygen atoms in total. The Bertz CT molecular complexity index is 3910. The Labute approximate surface area is 401 Å². The summed E-state index contributed by atoms with van der Waals surface area (Å²) in [6.45, 7) is 0. The number of fused-ring (bicyclic) bond motifs is 10. The Kier molecular flexibility index (Phi) is 8.98. The number of aromatic nitrogens is 2. The molecule has 0 aliphatic heterocycles. The van der Waals surface area contributed by atoms with Crippen LogP contribution < -0.4 is 0 Å². The Balaban J connectivity index is 0.859. The largest absolute Gasteiger partial charge is 0.301 e. The van der Waals surface area contributed by atoms with E-state index in [1.165, 1.54) is 118 Å².